The number of aromatic nitrogens is 1. The molecule has 0 atom stereocenters. The fourth-order valence-electron chi connectivity index (χ4n) is 2.45. The lowest BCUT2D eigenvalue weighted by Crippen LogP contribution is -2.23. The van der Waals surface area contributed by atoms with E-state index in [2.05, 4.69) is 4.98 Å². The largest absolute Gasteiger partial charge is 0.497 e. The molecule has 0 unspecified atom stereocenters. The van der Waals surface area contributed by atoms with Crippen LogP contribution in [0.4, 0.5) is 0 Å². The van der Waals surface area contributed by atoms with Gasteiger partial charge in [0.15, 0.2) is 5.78 Å². The molecule has 1 aliphatic carbocycles. The summed E-state index contributed by atoms with van der Waals surface area (Å²) < 4.78 is 15.4. The van der Waals surface area contributed by atoms with Gasteiger partial charge in [-0.15, -0.1) is 0 Å². The predicted molar refractivity (Wildman–Crippen MR) is 77.2 cm³/mol. The second-order valence-electron chi connectivity index (χ2n) is 4.66. The minimum atomic E-state index is -0.343. The Morgan fingerprint density at radius 1 is 0.864 bits per heavy atom. The Balaban J connectivity index is 2.28. The van der Waals surface area contributed by atoms with Gasteiger partial charge in [0.2, 0.25) is 11.7 Å². The lowest BCUT2D eigenvalue weighted by Gasteiger charge is -2.19. The molecule has 0 spiro atoms. The summed E-state index contributed by atoms with van der Waals surface area (Å²) in [5, 5.41) is 0. The number of rotatable bonds is 3. The fraction of sp³-hybridized carbons (Fsp3) is 0.188. The van der Waals surface area contributed by atoms with Crippen molar-refractivity contribution >= 4 is 11.6 Å². The van der Waals surface area contributed by atoms with E-state index in [-0.39, 0.29) is 40.0 Å². The maximum absolute atomic E-state index is 12.7. The molecule has 3 rings (SSSR count). The smallest absolute Gasteiger partial charge is 0.217 e. The molecular weight excluding hydrogens is 286 g/mol. The van der Waals surface area contributed by atoms with Crippen LogP contribution in [0.1, 0.15) is 32.0 Å². The van der Waals surface area contributed by atoms with Gasteiger partial charge < -0.3 is 14.2 Å². The Morgan fingerprint density at radius 2 is 1.64 bits per heavy atom. The molecule has 0 saturated carbocycles. The van der Waals surface area contributed by atoms with Gasteiger partial charge in [-0.1, -0.05) is 0 Å². The highest BCUT2D eigenvalue weighted by Crippen LogP contribution is 2.35. The Hall–Kier alpha value is -2.89. The third-order valence-electron chi connectivity index (χ3n) is 3.55. The van der Waals surface area contributed by atoms with E-state index in [0.717, 1.165) is 0 Å². The molecule has 6 heteroatoms. The zero-order valence-corrected chi connectivity index (χ0v) is 12.3. The monoisotopic (exact) mass is 299 g/mol. The van der Waals surface area contributed by atoms with Crippen molar-refractivity contribution in [3.05, 3.63) is 46.6 Å². The molecule has 0 bridgehead atoms. The van der Waals surface area contributed by atoms with Crippen LogP contribution < -0.4 is 14.2 Å². The lowest BCUT2D eigenvalue weighted by atomic mass is 9.86. The molecule has 1 aromatic heterocycles. The highest BCUT2D eigenvalue weighted by Gasteiger charge is 2.34. The first-order chi connectivity index (χ1) is 10.6. The van der Waals surface area contributed by atoms with E-state index >= 15 is 0 Å². The molecular formula is C16H13NO5. The predicted octanol–water partition coefficient (Wildman–Crippen LogP) is 1.88. The van der Waals surface area contributed by atoms with Gasteiger partial charge in [0, 0.05) is 17.2 Å². The number of pyridine rings is 1. The Bertz CT molecular complexity index is 797. The molecule has 0 saturated heterocycles. The third-order valence-corrected chi connectivity index (χ3v) is 3.55. The van der Waals surface area contributed by atoms with Gasteiger partial charge in [-0.25, -0.2) is 4.98 Å². The summed E-state index contributed by atoms with van der Waals surface area (Å²) >= 11 is 0. The van der Waals surface area contributed by atoms with Crippen molar-refractivity contribution in [2.45, 2.75) is 0 Å². The molecule has 1 heterocycles. The van der Waals surface area contributed by atoms with Crippen molar-refractivity contribution in [1.82, 2.24) is 4.98 Å². The van der Waals surface area contributed by atoms with Gasteiger partial charge in [0.25, 0.3) is 0 Å². The molecule has 2 aromatic rings. The highest BCUT2D eigenvalue weighted by molar-refractivity contribution is 6.28. The van der Waals surface area contributed by atoms with E-state index in [1.807, 2.05) is 0 Å². The second-order valence-corrected chi connectivity index (χ2v) is 4.66. The van der Waals surface area contributed by atoms with Crippen molar-refractivity contribution in [3.8, 4) is 17.4 Å². The zero-order valence-electron chi connectivity index (χ0n) is 12.3. The fourth-order valence-corrected chi connectivity index (χ4v) is 2.45. The van der Waals surface area contributed by atoms with Crippen LogP contribution in [0, 0.1) is 0 Å². The van der Waals surface area contributed by atoms with Crippen LogP contribution in [0.5, 0.6) is 17.4 Å². The quantitative estimate of drug-likeness (QED) is 0.735. The van der Waals surface area contributed by atoms with Crippen molar-refractivity contribution in [3.63, 3.8) is 0 Å². The average Bonchev–Trinajstić information content (AvgIpc) is 2.57. The summed E-state index contributed by atoms with van der Waals surface area (Å²) in [4.78, 5) is 29.5. The van der Waals surface area contributed by atoms with Gasteiger partial charge in [0.05, 0.1) is 26.9 Å². The van der Waals surface area contributed by atoms with Gasteiger partial charge in [-0.3, -0.25) is 9.59 Å². The number of ether oxygens (including phenoxy) is 3. The molecule has 22 heavy (non-hydrogen) atoms. The van der Waals surface area contributed by atoms with Gasteiger partial charge >= 0.3 is 0 Å². The number of hydrogen-bond donors (Lipinski definition) is 0. The number of benzene rings is 1. The number of nitrogens with zero attached hydrogens (tertiary/aromatic N) is 1. The van der Waals surface area contributed by atoms with Crippen molar-refractivity contribution < 1.29 is 23.8 Å². The number of carbonyl (C=O) groups is 2. The van der Waals surface area contributed by atoms with Gasteiger partial charge in [0.1, 0.15) is 17.2 Å². The van der Waals surface area contributed by atoms with Crippen LogP contribution >= 0.6 is 0 Å². The number of ketones is 2. The molecule has 6 nitrogen and oxygen atoms in total. The minimum Gasteiger partial charge on any atom is -0.497 e. The summed E-state index contributed by atoms with van der Waals surface area (Å²) in [5.41, 5.74) is 0.760. The number of fused-ring (bicyclic) bond motifs is 2. The summed E-state index contributed by atoms with van der Waals surface area (Å²) in [5.74, 6) is 0.311. The number of hydrogen-bond acceptors (Lipinski definition) is 6. The summed E-state index contributed by atoms with van der Waals surface area (Å²) in [6.45, 7) is 0. The van der Waals surface area contributed by atoms with Crippen molar-refractivity contribution in [2.24, 2.45) is 0 Å². The van der Waals surface area contributed by atoms with Crippen LogP contribution in [-0.2, 0) is 0 Å². The minimum absolute atomic E-state index is 0.0406. The molecule has 0 amide bonds. The summed E-state index contributed by atoms with van der Waals surface area (Å²) in [7, 11) is 4.35. The number of carbonyl (C=O) groups excluding carboxylic acids is 2. The van der Waals surface area contributed by atoms with E-state index in [9.17, 15) is 9.59 Å². The van der Waals surface area contributed by atoms with E-state index in [1.165, 1.54) is 27.4 Å². The van der Waals surface area contributed by atoms with Crippen LogP contribution in [0.3, 0.4) is 0 Å². The van der Waals surface area contributed by atoms with Crippen LogP contribution in [0.15, 0.2) is 24.3 Å². The van der Waals surface area contributed by atoms with E-state index in [1.54, 1.807) is 18.2 Å². The molecule has 112 valence electrons. The Morgan fingerprint density at radius 3 is 2.27 bits per heavy atom. The first kappa shape index (κ1) is 14.1. The second kappa shape index (κ2) is 5.14. The van der Waals surface area contributed by atoms with E-state index < -0.39 is 0 Å². The van der Waals surface area contributed by atoms with Crippen LogP contribution in [0.25, 0.3) is 0 Å². The summed E-state index contributed by atoms with van der Waals surface area (Å²) in [6.07, 6.45) is 0. The zero-order chi connectivity index (χ0) is 15.9. The van der Waals surface area contributed by atoms with Crippen LogP contribution in [-0.4, -0.2) is 37.9 Å². The summed E-state index contributed by atoms with van der Waals surface area (Å²) in [6, 6.07) is 6.22. The maximum Gasteiger partial charge on any atom is 0.217 e. The van der Waals surface area contributed by atoms with Crippen molar-refractivity contribution in [2.75, 3.05) is 21.3 Å². The van der Waals surface area contributed by atoms with E-state index in [4.69, 9.17) is 14.2 Å². The lowest BCUT2D eigenvalue weighted by molar-refractivity contribution is 0.0971. The highest BCUT2D eigenvalue weighted by atomic mass is 16.5. The number of methoxy groups -OCH3 is 3. The standard InChI is InChI=1S/C16H13NO5/c1-20-8-4-5-9-10(6-8)15(18)13-11(21-2)7-12(22-3)17-14(13)16(9)19/h4-7H,1-3H3. The molecule has 1 aromatic carbocycles. The normalized spacial score (nSPS) is 12.5. The molecule has 0 aliphatic heterocycles. The Kier molecular flexibility index (Phi) is 3.29. The van der Waals surface area contributed by atoms with Gasteiger partial charge in [-0.05, 0) is 18.2 Å². The Labute approximate surface area is 126 Å². The van der Waals surface area contributed by atoms with Gasteiger partial charge in [-0.2, -0.15) is 0 Å². The maximum atomic E-state index is 12.7. The van der Waals surface area contributed by atoms with Crippen LogP contribution in [0.2, 0.25) is 0 Å². The molecule has 0 fully saturated rings. The van der Waals surface area contributed by atoms with E-state index in [0.29, 0.717) is 11.3 Å². The topological polar surface area (TPSA) is 74.7 Å². The third kappa shape index (κ3) is 1.92. The van der Waals surface area contributed by atoms with Crippen molar-refractivity contribution in [1.29, 1.82) is 0 Å². The molecule has 1 aliphatic rings. The first-order valence-corrected chi connectivity index (χ1v) is 6.51. The first-order valence-electron chi connectivity index (χ1n) is 6.51. The molecule has 0 N–H and O–H groups in total. The SMILES string of the molecule is COc1ccc2c(c1)C(=O)c1c(OC)cc(OC)nc1C2=O. The average molecular weight is 299 g/mol. The molecule has 0 radical (unpaired) electrons.